The van der Waals surface area contributed by atoms with Crippen LogP contribution >= 0.6 is 0 Å². The Kier molecular flexibility index (Phi) is 4.44. The second-order valence-corrected chi connectivity index (χ2v) is 5.04. The first-order valence-electron chi connectivity index (χ1n) is 6.98. The SMILES string of the molecule is CC[C@]1(c2cc(OC)ccc2OC)NC(=O)N(CC(=O)O)C1=O. The van der Waals surface area contributed by atoms with Crippen LogP contribution in [-0.2, 0) is 15.1 Å². The topological polar surface area (TPSA) is 105 Å². The van der Waals surface area contributed by atoms with Crippen LogP contribution in [0, 0.1) is 0 Å². The maximum absolute atomic E-state index is 12.8. The molecule has 1 aliphatic rings. The van der Waals surface area contributed by atoms with E-state index in [0.717, 1.165) is 0 Å². The van der Waals surface area contributed by atoms with Gasteiger partial charge in [0.2, 0.25) is 0 Å². The third-order valence-electron chi connectivity index (χ3n) is 3.87. The van der Waals surface area contributed by atoms with Gasteiger partial charge in [-0.25, -0.2) is 4.79 Å². The average Bonchev–Trinajstić information content (AvgIpc) is 2.78. The van der Waals surface area contributed by atoms with Crippen molar-refractivity contribution in [3.05, 3.63) is 23.8 Å². The second kappa shape index (κ2) is 6.15. The molecule has 3 amide bonds. The van der Waals surface area contributed by atoms with Crippen LogP contribution in [0.1, 0.15) is 18.9 Å². The van der Waals surface area contributed by atoms with Crippen molar-refractivity contribution in [3.8, 4) is 11.5 Å². The number of carboxylic acids is 1. The van der Waals surface area contributed by atoms with Gasteiger partial charge in [0.1, 0.15) is 23.6 Å². The molecule has 23 heavy (non-hydrogen) atoms. The molecular formula is C15H18N2O6. The fourth-order valence-electron chi connectivity index (χ4n) is 2.67. The molecule has 0 saturated carbocycles. The maximum Gasteiger partial charge on any atom is 0.325 e. The van der Waals surface area contributed by atoms with E-state index in [0.29, 0.717) is 22.0 Å². The number of aliphatic carboxylic acids is 1. The number of methoxy groups -OCH3 is 2. The molecule has 1 fully saturated rings. The summed E-state index contributed by atoms with van der Waals surface area (Å²) in [6.07, 6.45) is 0.233. The lowest BCUT2D eigenvalue weighted by Crippen LogP contribution is -2.44. The van der Waals surface area contributed by atoms with Gasteiger partial charge in [-0.15, -0.1) is 0 Å². The molecule has 124 valence electrons. The Morgan fingerprint density at radius 2 is 2.00 bits per heavy atom. The normalized spacial score (nSPS) is 20.4. The zero-order valence-electron chi connectivity index (χ0n) is 13.1. The van der Waals surface area contributed by atoms with Crippen LogP contribution in [0.5, 0.6) is 11.5 Å². The predicted octanol–water partition coefficient (Wildman–Crippen LogP) is 0.945. The van der Waals surface area contributed by atoms with E-state index in [9.17, 15) is 14.4 Å². The van der Waals surface area contributed by atoms with E-state index >= 15 is 0 Å². The minimum Gasteiger partial charge on any atom is -0.497 e. The molecule has 0 spiro atoms. The largest absolute Gasteiger partial charge is 0.497 e. The van der Waals surface area contributed by atoms with Gasteiger partial charge in [-0.2, -0.15) is 0 Å². The van der Waals surface area contributed by atoms with Gasteiger partial charge >= 0.3 is 12.0 Å². The van der Waals surface area contributed by atoms with Gasteiger partial charge in [0.05, 0.1) is 14.2 Å². The molecule has 1 aromatic carbocycles. The summed E-state index contributed by atoms with van der Waals surface area (Å²) in [6.45, 7) is 1.03. The highest BCUT2D eigenvalue weighted by atomic mass is 16.5. The van der Waals surface area contributed by atoms with Crippen molar-refractivity contribution >= 4 is 17.9 Å². The van der Waals surface area contributed by atoms with Crippen LogP contribution in [0.2, 0.25) is 0 Å². The summed E-state index contributed by atoms with van der Waals surface area (Å²) < 4.78 is 10.5. The number of urea groups is 1. The fourth-order valence-corrected chi connectivity index (χ4v) is 2.67. The van der Waals surface area contributed by atoms with Crippen molar-refractivity contribution in [2.24, 2.45) is 0 Å². The predicted molar refractivity (Wildman–Crippen MR) is 79.4 cm³/mol. The molecule has 1 aliphatic heterocycles. The Hall–Kier alpha value is -2.77. The smallest absolute Gasteiger partial charge is 0.325 e. The highest BCUT2D eigenvalue weighted by Crippen LogP contribution is 2.39. The Labute approximate surface area is 133 Å². The number of nitrogens with zero attached hydrogens (tertiary/aromatic N) is 1. The summed E-state index contributed by atoms with van der Waals surface area (Å²) in [5, 5.41) is 11.5. The number of carbonyl (C=O) groups excluding carboxylic acids is 2. The van der Waals surface area contributed by atoms with Crippen LogP contribution in [0.15, 0.2) is 18.2 Å². The van der Waals surface area contributed by atoms with Crippen molar-refractivity contribution in [1.82, 2.24) is 10.2 Å². The van der Waals surface area contributed by atoms with E-state index in [1.165, 1.54) is 14.2 Å². The van der Waals surface area contributed by atoms with Gasteiger partial charge in [-0.05, 0) is 24.6 Å². The number of hydrogen-bond donors (Lipinski definition) is 2. The lowest BCUT2D eigenvalue weighted by Gasteiger charge is -2.27. The molecule has 8 heteroatoms. The zero-order chi connectivity index (χ0) is 17.2. The lowest BCUT2D eigenvalue weighted by atomic mass is 9.86. The number of rotatable bonds is 6. The molecule has 1 aromatic rings. The van der Waals surface area contributed by atoms with Crippen LogP contribution in [0.3, 0.4) is 0 Å². The molecular weight excluding hydrogens is 304 g/mol. The third kappa shape index (κ3) is 2.67. The van der Waals surface area contributed by atoms with E-state index < -0.39 is 30.0 Å². The summed E-state index contributed by atoms with van der Waals surface area (Å²) in [4.78, 5) is 36.4. The summed E-state index contributed by atoms with van der Waals surface area (Å²) in [7, 11) is 2.93. The zero-order valence-corrected chi connectivity index (χ0v) is 13.1. The maximum atomic E-state index is 12.8. The standard InChI is InChI=1S/C15H18N2O6/c1-4-15(10-7-9(22-2)5-6-11(10)23-3)13(20)17(8-12(18)19)14(21)16-15/h5-7H,4,8H2,1-3H3,(H,16,21)(H,18,19)/t15-/m1/s1. The van der Waals surface area contributed by atoms with Gasteiger partial charge in [0.25, 0.3) is 5.91 Å². The van der Waals surface area contributed by atoms with E-state index in [-0.39, 0.29) is 6.42 Å². The molecule has 2 rings (SSSR count). The number of imide groups is 1. The minimum atomic E-state index is -1.38. The number of nitrogens with one attached hydrogen (secondary N) is 1. The van der Waals surface area contributed by atoms with Crippen LogP contribution in [-0.4, -0.2) is 48.7 Å². The van der Waals surface area contributed by atoms with Crippen molar-refractivity contribution in [1.29, 1.82) is 0 Å². The Balaban J connectivity index is 2.56. The number of carboxylic acid groups (broad SMARTS) is 1. The van der Waals surface area contributed by atoms with Gasteiger partial charge in [0, 0.05) is 5.56 Å². The van der Waals surface area contributed by atoms with E-state index in [4.69, 9.17) is 14.6 Å². The Morgan fingerprint density at radius 1 is 1.30 bits per heavy atom. The molecule has 8 nitrogen and oxygen atoms in total. The van der Waals surface area contributed by atoms with E-state index in [2.05, 4.69) is 5.32 Å². The van der Waals surface area contributed by atoms with Gasteiger partial charge in [-0.1, -0.05) is 6.92 Å². The summed E-state index contributed by atoms with van der Waals surface area (Å²) in [5.41, 5.74) is -0.958. The van der Waals surface area contributed by atoms with Gasteiger partial charge in [-0.3, -0.25) is 14.5 Å². The fraction of sp³-hybridized carbons (Fsp3) is 0.400. The number of hydrogen-bond acceptors (Lipinski definition) is 5. The van der Waals surface area contributed by atoms with Crippen molar-refractivity contribution in [3.63, 3.8) is 0 Å². The molecule has 1 atom stereocenters. The molecule has 0 aromatic heterocycles. The molecule has 1 saturated heterocycles. The van der Waals surface area contributed by atoms with Crippen molar-refractivity contribution in [2.45, 2.75) is 18.9 Å². The molecule has 0 bridgehead atoms. The third-order valence-corrected chi connectivity index (χ3v) is 3.87. The Morgan fingerprint density at radius 3 is 2.52 bits per heavy atom. The first-order valence-corrected chi connectivity index (χ1v) is 6.98. The molecule has 0 aliphatic carbocycles. The second-order valence-electron chi connectivity index (χ2n) is 5.04. The van der Waals surface area contributed by atoms with E-state index in [1.54, 1.807) is 25.1 Å². The van der Waals surface area contributed by atoms with Crippen molar-refractivity contribution in [2.75, 3.05) is 20.8 Å². The minimum absolute atomic E-state index is 0.233. The molecule has 1 heterocycles. The summed E-state index contributed by atoms with van der Waals surface area (Å²) in [6, 6.07) is 4.15. The molecule has 0 radical (unpaired) electrons. The number of amides is 3. The van der Waals surface area contributed by atoms with Crippen LogP contribution in [0.25, 0.3) is 0 Å². The van der Waals surface area contributed by atoms with Gasteiger partial charge in [0.15, 0.2) is 0 Å². The number of ether oxygens (including phenoxy) is 2. The molecule has 2 N–H and O–H groups in total. The lowest BCUT2D eigenvalue weighted by molar-refractivity contribution is -0.143. The first-order chi connectivity index (χ1) is 10.9. The monoisotopic (exact) mass is 322 g/mol. The average molecular weight is 322 g/mol. The number of carbonyl (C=O) groups is 3. The quantitative estimate of drug-likeness (QED) is 0.755. The highest BCUT2D eigenvalue weighted by Gasteiger charge is 2.53. The summed E-state index contributed by atoms with van der Waals surface area (Å²) in [5.74, 6) is -0.997. The van der Waals surface area contributed by atoms with E-state index in [1.807, 2.05) is 0 Å². The molecule has 0 unspecified atom stereocenters. The Bertz CT molecular complexity index is 659. The highest BCUT2D eigenvalue weighted by molar-refractivity contribution is 6.09. The van der Waals surface area contributed by atoms with Crippen molar-refractivity contribution < 1.29 is 29.0 Å². The summed E-state index contributed by atoms with van der Waals surface area (Å²) >= 11 is 0. The van der Waals surface area contributed by atoms with Crippen LogP contribution in [0.4, 0.5) is 4.79 Å². The van der Waals surface area contributed by atoms with Gasteiger partial charge < -0.3 is 19.9 Å². The first kappa shape index (κ1) is 16.6. The van der Waals surface area contributed by atoms with Crippen LogP contribution < -0.4 is 14.8 Å². The number of benzene rings is 1.